The summed E-state index contributed by atoms with van der Waals surface area (Å²) >= 11 is 0. The smallest absolute Gasteiger partial charge is 0.252 e. The van der Waals surface area contributed by atoms with Gasteiger partial charge >= 0.3 is 0 Å². The predicted octanol–water partition coefficient (Wildman–Crippen LogP) is 2.37. The van der Waals surface area contributed by atoms with Crippen LogP contribution in [-0.2, 0) is 15.1 Å². The van der Waals surface area contributed by atoms with Crippen molar-refractivity contribution in [1.29, 1.82) is 0 Å². The Morgan fingerprint density at radius 3 is 2.80 bits per heavy atom. The van der Waals surface area contributed by atoms with Gasteiger partial charge in [0.1, 0.15) is 0 Å². The summed E-state index contributed by atoms with van der Waals surface area (Å²) in [6.45, 7) is 2.97. The molecule has 1 unspecified atom stereocenters. The van der Waals surface area contributed by atoms with Crippen molar-refractivity contribution in [3.63, 3.8) is 0 Å². The van der Waals surface area contributed by atoms with Gasteiger partial charge in [-0.3, -0.25) is 4.79 Å². The number of nitrogens with one attached hydrogen (secondary N) is 1. The molecule has 0 bridgehead atoms. The summed E-state index contributed by atoms with van der Waals surface area (Å²) in [4.78, 5) is 22.9. The molecule has 178 valence electrons. The van der Waals surface area contributed by atoms with Crippen LogP contribution in [0.4, 0.5) is 5.95 Å². The molecule has 1 aromatic carbocycles. The number of aromatic nitrogens is 6. The van der Waals surface area contributed by atoms with E-state index >= 15 is 0 Å². The van der Waals surface area contributed by atoms with Crippen LogP contribution in [0.1, 0.15) is 25.3 Å². The van der Waals surface area contributed by atoms with E-state index in [0.717, 1.165) is 25.0 Å². The van der Waals surface area contributed by atoms with Crippen molar-refractivity contribution in [3.8, 4) is 11.6 Å². The summed E-state index contributed by atoms with van der Waals surface area (Å²) < 4.78 is 14.2. The second-order valence-corrected chi connectivity index (χ2v) is 8.70. The van der Waals surface area contributed by atoms with Gasteiger partial charge in [-0.25, -0.2) is 9.67 Å². The molecule has 3 N–H and O–H groups in total. The number of furan rings is 1. The number of anilines is 1. The van der Waals surface area contributed by atoms with Crippen LogP contribution in [-0.4, -0.2) is 54.5 Å². The molecule has 1 amide bonds. The summed E-state index contributed by atoms with van der Waals surface area (Å²) in [7, 11) is 0. The third-order valence-corrected chi connectivity index (χ3v) is 6.49. The summed E-state index contributed by atoms with van der Waals surface area (Å²) in [5.74, 6) is 0.789. The van der Waals surface area contributed by atoms with Crippen molar-refractivity contribution in [2.24, 2.45) is 0 Å². The van der Waals surface area contributed by atoms with E-state index in [9.17, 15) is 4.79 Å². The highest BCUT2D eigenvalue weighted by atomic mass is 16.5. The quantitative estimate of drug-likeness (QED) is 0.384. The Morgan fingerprint density at radius 1 is 1.20 bits per heavy atom. The van der Waals surface area contributed by atoms with Gasteiger partial charge < -0.3 is 20.2 Å². The number of carbonyl (C=O) groups is 1. The molecule has 1 fully saturated rings. The van der Waals surface area contributed by atoms with Crippen molar-refractivity contribution in [1.82, 2.24) is 34.7 Å². The Kier molecular flexibility index (Phi) is 4.99. The first-order valence-corrected chi connectivity index (χ1v) is 11.5. The third kappa shape index (κ3) is 3.43. The van der Waals surface area contributed by atoms with Gasteiger partial charge in [-0.05, 0) is 37.5 Å². The number of hydrogen-bond donors (Lipinski definition) is 2. The van der Waals surface area contributed by atoms with Crippen molar-refractivity contribution < 1.29 is 13.9 Å². The van der Waals surface area contributed by atoms with E-state index in [0.29, 0.717) is 34.8 Å². The Balaban J connectivity index is 1.48. The number of nitrogens with zero attached hydrogens (tertiary/aromatic N) is 6. The van der Waals surface area contributed by atoms with Crippen LogP contribution >= 0.6 is 0 Å². The zero-order valence-corrected chi connectivity index (χ0v) is 19.1. The first-order valence-electron chi connectivity index (χ1n) is 11.5. The number of hydrogen-bond acceptors (Lipinski definition) is 8. The first kappa shape index (κ1) is 21.3. The number of nitrogen functional groups attached to an aromatic ring is 1. The molecule has 1 saturated heterocycles. The van der Waals surface area contributed by atoms with Crippen LogP contribution in [0.5, 0.6) is 0 Å². The third-order valence-electron chi connectivity index (χ3n) is 6.49. The monoisotopic (exact) mass is 472 g/mol. The van der Waals surface area contributed by atoms with Gasteiger partial charge in [0.05, 0.1) is 24.0 Å². The van der Waals surface area contributed by atoms with E-state index in [2.05, 4.69) is 25.5 Å². The van der Waals surface area contributed by atoms with Crippen LogP contribution in [0, 0.1) is 0 Å². The molecule has 35 heavy (non-hydrogen) atoms. The highest BCUT2D eigenvalue weighted by Gasteiger charge is 2.40. The van der Waals surface area contributed by atoms with Crippen LogP contribution in [0.15, 0.2) is 59.3 Å². The lowest BCUT2D eigenvalue weighted by molar-refractivity contribution is -0.128. The maximum absolute atomic E-state index is 13.7. The van der Waals surface area contributed by atoms with E-state index in [1.165, 1.54) is 4.52 Å². The largest absolute Gasteiger partial charge is 0.461 e. The van der Waals surface area contributed by atoms with E-state index in [1.54, 1.807) is 29.3 Å². The fourth-order valence-electron chi connectivity index (χ4n) is 4.54. The van der Waals surface area contributed by atoms with Gasteiger partial charge in [0.25, 0.3) is 5.91 Å². The topological polar surface area (TPSA) is 138 Å². The molecule has 0 radical (unpaired) electrons. The summed E-state index contributed by atoms with van der Waals surface area (Å²) in [5, 5.41) is 12.7. The Morgan fingerprint density at radius 2 is 2.06 bits per heavy atom. The zero-order chi connectivity index (χ0) is 24.0. The van der Waals surface area contributed by atoms with E-state index < -0.39 is 5.54 Å². The minimum atomic E-state index is -1.21. The lowest BCUT2D eigenvalue weighted by atomic mass is 9.91. The van der Waals surface area contributed by atoms with Gasteiger partial charge in [0.2, 0.25) is 11.8 Å². The lowest BCUT2D eigenvalue weighted by Crippen LogP contribution is -2.49. The van der Waals surface area contributed by atoms with Crippen LogP contribution in [0.25, 0.3) is 28.3 Å². The van der Waals surface area contributed by atoms with E-state index in [-0.39, 0.29) is 18.0 Å². The average molecular weight is 473 g/mol. The number of benzene rings is 1. The predicted molar refractivity (Wildman–Crippen MR) is 127 cm³/mol. The number of rotatable bonds is 6. The Labute approximate surface area is 199 Å². The fraction of sp³-hybridized carbons (Fsp3) is 0.292. The summed E-state index contributed by atoms with van der Waals surface area (Å²) in [5.41, 5.74) is 6.72. The highest BCUT2D eigenvalue weighted by Crippen LogP contribution is 2.31. The van der Waals surface area contributed by atoms with Gasteiger partial charge in [0.15, 0.2) is 22.6 Å². The first-order chi connectivity index (χ1) is 17.1. The van der Waals surface area contributed by atoms with Gasteiger partial charge in [0, 0.05) is 13.2 Å². The zero-order valence-electron chi connectivity index (χ0n) is 19.1. The molecule has 4 aromatic heterocycles. The molecule has 6 rings (SSSR count). The SMILES string of the molecule is CC(C(=O)NC[C@H]1CCCO1)(c1ccccc1)n1ncc2c1nc(N)n1nc(-c3ccco3)nc21. The highest BCUT2D eigenvalue weighted by molar-refractivity contribution is 5.94. The van der Waals surface area contributed by atoms with Gasteiger partial charge in [-0.15, -0.1) is 5.10 Å². The van der Waals surface area contributed by atoms with Crippen molar-refractivity contribution >= 4 is 28.5 Å². The van der Waals surface area contributed by atoms with Crippen LogP contribution in [0.2, 0.25) is 0 Å². The molecule has 0 spiro atoms. The molecule has 0 aliphatic carbocycles. The minimum Gasteiger partial charge on any atom is -0.461 e. The number of amides is 1. The Hall–Kier alpha value is -4.25. The van der Waals surface area contributed by atoms with Crippen molar-refractivity contribution in [2.45, 2.75) is 31.4 Å². The van der Waals surface area contributed by atoms with Gasteiger partial charge in [-0.1, -0.05) is 30.3 Å². The molecule has 11 heteroatoms. The molecular weight excluding hydrogens is 448 g/mol. The number of carbonyl (C=O) groups excluding carboxylic acids is 1. The standard InChI is InChI=1S/C24H24N8O3/c1-24(15-7-3-2-4-8-15,22(33)26-13-16-9-5-11-34-16)32-21-17(14-27-32)20-28-19(18-10-6-12-35-18)30-31(20)23(25)29-21/h2-4,6-8,10,12,14,16H,5,9,11,13H2,1H3,(H2,25,29)(H,26,33)/t16-,24?/m1/s1. The molecule has 11 nitrogen and oxygen atoms in total. The number of ether oxygens (including phenoxy) is 1. The maximum Gasteiger partial charge on any atom is 0.252 e. The normalized spacial score (nSPS) is 17.7. The minimum absolute atomic E-state index is 0.0118. The van der Waals surface area contributed by atoms with Gasteiger partial charge in [-0.2, -0.15) is 14.6 Å². The number of fused-ring (bicyclic) bond motifs is 3. The molecule has 2 atom stereocenters. The van der Waals surface area contributed by atoms with Crippen molar-refractivity contribution in [2.75, 3.05) is 18.9 Å². The van der Waals surface area contributed by atoms with Crippen molar-refractivity contribution in [3.05, 3.63) is 60.5 Å². The summed E-state index contributed by atoms with van der Waals surface area (Å²) in [6.07, 6.45) is 5.12. The summed E-state index contributed by atoms with van der Waals surface area (Å²) in [6, 6.07) is 13.0. The molecule has 5 heterocycles. The average Bonchev–Trinajstić information content (AvgIpc) is 3.68. The lowest BCUT2D eigenvalue weighted by Gasteiger charge is -2.30. The second-order valence-electron chi connectivity index (χ2n) is 8.70. The molecule has 1 aliphatic rings. The second kappa shape index (κ2) is 8.20. The molecular formula is C24H24N8O3. The van der Waals surface area contributed by atoms with E-state index in [1.807, 2.05) is 37.3 Å². The van der Waals surface area contributed by atoms with E-state index in [4.69, 9.17) is 14.9 Å². The molecule has 0 saturated carbocycles. The number of nitrogens with two attached hydrogens (primary N) is 1. The molecule has 5 aromatic rings. The maximum atomic E-state index is 13.7. The van der Waals surface area contributed by atoms with Crippen LogP contribution in [0.3, 0.4) is 0 Å². The fourth-order valence-corrected chi connectivity index (χ4v) is 4.54. The molecule has 1 aliphatic heterocycles. The Bertz CT molecular complexity index is 1500. The van der Waals surface area contributed by atoms with Crippen LogP contribution < -0.4 is 11.1 Å².